The third-order valence-corrected chi connectivity index (χ3v) is 2.45. The quantitative estimate of drug-likeness (QED) is 0.689. The average Bonchev–Trinajstić information content (AvgIpc) is 2.50. The predicted octanol–water partition coefficient (Wildman–Crippen LogP) is 1.16. The minimum Gasteiger partial charge on any atom is -0.326 e. The lowest BCUT2D eigenvalue weighted by Crippen LogP contribution is -2.08. The molecular weight excluding hydrogens is 172 g/mol. The maximum absolute atomic E-state index is 10.8. The van der Waals surface area contributed by atoms with Crippen molar-refractivity contribution in [2.24, 2.45) is 5.73 Å². The zero-order valence-electron chi connectivity index (χ0n) is 6.76. The number of Topliss-reactive ketones (excluding diaryl/α,β-unsaturated/α-hetero) is 1. The Hall–Kier alpha value is -1.00. The molecule has 1 aromatic heterocycles. The highest BCUT2D eigenvalue weighted by molar-refractivity contribution is 7.10. The van der Waals surface area contributed by atoms with Crippen molar-refractivity contribution in [3.8, 4) is 0 Å². The topological polar surface area (TPSA) is 66.9 Å². The molecule has 0 spiro atoms. The first kappa shape index (κ1) is 9.09. The van der Waals surface area contributed by atoms with Crippen LogP contribution < -0.4 is 5.73 Å². The molecule has 1 aromatic rings. The van der Waals surface area contributed by atoms with Gasteiger partial charge in [0.05, 0.1) is 0 Å². The molecule has 0 aliphatic carbocycles. The van der Waals surface area contributed by atoms with Crippen molar-refractivity contribution in [2.75, 3.05) is 0 Å². The minimum atomic E-state index is -0.212. The van der Waals surface area contributed by atoms with Crippen LogP contribution in [0.25, 0.3) is 0 Å². The van der Waals surface area contributed by atoms with Crippen molar-refractivity contribution >= 4 is 22.8 Å². The fourth-order valence-electron chi connectivity index (χ4n) is 0.822. The first-order valence-corrected chi connectivity index (χ1v) is 4.40. The molecule has 0 fully saturated rings. The Balaban J connectivity index is 2.89. The summed E-state index contributed by atoms with van der Waals surface area (Å²) >= 11 is 1.48. The van der Waals surface area contributed by atoms with Crippen molar-refractivity contribution in [1.29, 1.82) is 5.41 Å². The van der Waals surface area contributed by atoms with E-state index in [0.29, 0.717) is 12.1 Å². The largest absolute Gasteiger partial charge is 0.326 e. The van der Waals surface area contributed by atoms with Crippen LogP contribution in [0, 0.1) is 5.41 Å². The lowest BCUT2D eigenvalue weighted by Gasteiger charge is -1.92. The van der Waals surface area contributed by atoms with E-state index in [1.165, 1.54) is 18.3 Å². The molecule has 0 aromatic carbocycles. The number of nitrogens with two attached hydrogens (primary N) is 1. The monoisotopic (exact) mass is 182 g/mol. The third-order valence-electron chi connectivity index (χ3n) is 1.50. The lowest BCUT2D eigenvalue weighted by atomic mass is 10.1. The summed E-state index contributed by atoms with van der Waals surface area (Å²) in [7, 11) is 0. The molecule has 0 amide bonds. The summed E-state index contributed by atoms with van der Waals surface area (Å²) < 4.78 is 0. The Morgan fingerprint density at radius 2 is 2.42 bits per heavy atom. The van der Waals surface area contributed by atoms with Crippen LogP contribution in [0.1, 0.15) is 17.4 Å². The standard InChI is InChI=1S/C8H10N2OS/c1-5(11)8(10)6-2-7(3-9)12-4-6/h2,4,10H,3,9H2,1H3. The summed E-state index contributed by atoms with van der Waals surface area (Å²) in [5, 5.41) is 9.17. The van der Waals surface area contributed by atoms with Gasteiger partial charge < -0.3 is 5.73 Å². The van der Waals surface area contributed by atoms with Gasteiger partial charge in [-0.05, 0) is 6.07 Å². The van der Waals surface area contributed by atoms with Crippen LogP contribution in [0.15, 0.2) is 11.4 Å². The number of carbonyl (C=O) groups excluding carboxylic acids is 1. The maximum Gasteiger partial charge on any atom is 0.178 e. The van der Waals surface area contributed by atoms with Gasteiger partial charge in [-0.1, -0.05) is 0 Å². The molecule has 1 rings (SSSR count). The van der Waals surface area contributed by atoms with E-state index < -0.39 is 0 Å². The summed E-state index contributed by atoms with van der Waals surface area (Å²) in [5.41, 5.74) is 6.13. The van der Waals surface area contributed by atoms with Gasteiger partial charge in [0, 0.05) is 29.3 Å². The van der Waals surface area contributed by atoms with Gasteiger partial charge >= 0.3 is 0 Å². The second-order valence-electron chi connectivity index (χ2n) is 2.44. The summed E-state index contributed by atoms with van der Waals surface area (Å²) in [6.07, 6.45) is 0. The van der Waals surface area contributed by atoms with Gasteiger partial charge in [0.1, 0.15) is 5.71 Å². The van der Waals surface area contributed by atoms with Crippen LogP contribution in [0.2, 0.25) is 0 Å². The third kappa shape index (κ3) is 1.78. The molecule has 1 heterocycles. The summed E-state index contributed by atoms with van der Waals surface area (Å²) in [6, 6.07) is 1.79. The van der Waals surface area contributed by atoms with Crippen molar-refractivity contribution in [2.45, 2.75) is 13.5 Å². The van der Waals surface area contributed by atoms with Crippen LogP contribution in [0.3, 0.4) is 0 Å². The fourth-order valence-corrected chi connectivity index (χ4v) is 1.58. The van der Waals surface area contributed by atoms with E-state index in [2.05, 4.69) is 0 Å². The molecule has 0 saturated carbocycles. The molecule has 4 heteroatoms. The molecule has 64 valence electrons. The molecule has 0 radical (unpaired) electrons. The molecule has 0 unspecified atom stereocenters. The zero-order chi connectivity index (χ0) is 9.14. The normalized spacial score (nSPS) is 9.83. The number of nitrogens with one attached hydrogen (secondary N) is 1. The molecule has 0 saturated heterocycles. The number of rotatable bonds is 3. The number of carbonyl (C=O) groups is 1. The Kier molecular flexibility index (Phi) is 2.73. The van der Waals surface area contributed by atoms with Crippen molar-refractivity contribution in [3.63, 3.8) is 0 Å². The highest BCUT2D eigenvalue weighted by atomic mass is 32.1. The molecule has 3 N–H and O–H groups in total. The number of hydrogen-bond donors (Lipinski definition) is 2. The van der Waals surface area contributed by atoms with E-state index in [-0.39, 0.29) is 11.5 Å². The van der Waals surface area contributed by atoms with E-state index in [1.807, 2.05) is 0 Å². The summed E-state index contributed by atoms with van der Waals surface area (Å²) in [6.45, 7) is 1.86. The minimum absolute atomic E-state index is 0.0611. The van der Waals surface area contributed by atoms with Gasteiger partial charge in [0.15, 0.2) is 5.78 Å². The van der Waals surface area contributed by atoms with Gasteiger partial charge in [0.25, 0.3) is 0 Å². The number of hydrogen-bond acceptors (Lipinski definition) is 4. The van der Waals surface area contributed by atoms with Crippen LogP contribution in [-0.4, -0.2) is 11.5 Å². The van der Waals surface area contributed by atoms with E-state index in [1.54, 1.807) is 11.4 Å². The molecule has 0 bridgehead atoms. The fraction of sp³-hybridized carbons (Fsp3) is 0.250. The van der Waals surface area contributed by atoms with E-state index in [4.69, 9.17) is 11.1 Å². The Labute approximate surface area is 74.7 Å². The van der Waals surface area contributed by atoms with E-state index in [0.717, 1.165) is 4.88 Å². The first-order chi connectivity index (χ1) is 5.65. The highest BCUT2D eigenvalue weighted by Crippen LogP contribution is 2.14. The smallest absolute Gasteiger partial charge is 0.178 e. The van der Waals surface area contributed by atoms with Crippen LogP contribution in [0.5, 0.6) is 0 Å². The number of ketones is 1. The van der Waals surface area contributed by atoms with Crippen LogP contribution in [-0.2, 0) is 11.3 Å². The Bertz CT molecular complexity index is 317. The first-order valence-electron chi connectivity index (χ1n) is 3.52. The van der Waals surface area contributed by atoms with Crippen LogP contribution in [0.4, 0.5) is 0 Å². The zero-order valence-corrected chi connectivity index (χ0v) is 7.57. The number of thiophene rings is 1. The molecule has 0 aliphatic heterocycles. The van der Waals surface area contributed by atoms with Crippen molar-refractivity contribution in [1.82, 2.24) is 0 Å². The van der Waals surface area contributed by atoms with Gasteiger partial charge in [-0.2, -0.15) is 0 Å². The molecule has 0 atom stereocenters. The molecule has 0 aliphatic rings. The average molecular weight is 182 g/mol. The van der Waals surface area contributed by atoms with Crippen molar-refractivity contribution in [3.05, 3.63) is 21.9 Å². The highest BCUT2D eigenvalue weighted by Gasteiger charge is 2.08. The molecule has 12 heavy (non-hydrogen) atoms. The summed E-state index contributed by atoms with van der Waals surface area (Å²) in [4.78, 5) is 11.8. The second-order valence-corrected chi connectivity index (χ2v) is 3.43. The maximum atomic E-state index is 10.8. The molecule has 3 nitrogen and oxygen atoms in total. The van der Waals surface area contributed by atoms with Gasteiger partial charge in [-0.25, -0.2) is 0 Å². The van der Waals surface area contributed by atoms with Crippen molar-refractivity contribution < 1.29 is 4.79 Å². The summed E-state index contributed by atoms with van der Waals surface area (Å²) in [5.74, 6) is -0.212. The second kappa shape index (κ2) is 3.60. The SMILES string of the molecule is CC(=O)C(=N)c1csc(CN)c1. The van der Waals surface area contributed by atoms with Gasteiger partial charge in [0.2, 0.25) is 0 Å². The van der Waals surface area contributed by atoms with Crippen LogP contribution >= 0.6 is 11.3 Å². The van der Waals surface area contributed by atoms with Gasteiger partial charge in [-0.15, -0.1) is 11.3 Å². The molecular formula is C8H10N2OS. The van der Waals surface area contributed by atoms with E-state index >= 15 is 0 Å². The lowest BCUT2D eigenvalue weighted by molar-refractivity contribution is -0.111. The Morgan fingerprint density at radius 3 is 2.83 bits per heavy atom. The van der Waals surface area contributed by atoms with E-state index in [9.17, 15) is 4.79 Å². The predicted molar refractivity (Wildman–Crippen MR) is 49.7 cm³/mol. The van der Waals surface area contributed by atoms with Gasteiger partial charge in [-0.3, -0.25) is 10.2 Å². The Morgan fingerprint density at radius 1 is 1.75 bits per heavy atom.